The molecule has 3 N–H and O–H groups in total. The summed E-state index contributed by atoms with van der Waals surface area (Å²) in [6.45, 7) is 0. The number of halogens is 1. The molecule has 7 heteroatoms. The Morgan fingerprint density at radius 1 is 1.58 bits per heavy atom. The molecule has 0 aromatic heterocycles. The van der Waals surface area contributed by atoms with E-state index >= 15 is 0 Å². The average molecular weight is 233 g/mol. The fourth-order valence-electron chi connectivity index (χ4n) is 0.876. The van der Waals surface area contributed by atoms with E-state index in [1.165, 1.54) is 9.97 Å². The lowest BCUT2D eigenvalue weighted by atomic mass is 10.5. The van der Waals surface area contributed by atoms with Crippen LogP contribution in [-0.2, 0) is 0 Å². The maximum atomic E-state index is 11.1. The maximum absolute atomic E-state index is 11.1. The fraction of sp³-hybridized carbons (Fsp3) is 0. The van der Waals surface area contributed by atoms with Crippen molar-refractivity contribution in [2.45, 2.75) is 0 Å². The minimum atomic E-state index is -0.273. The van der Waals surface area contributed by atoms with E-state index in [2.05, 4.69) is 31.6 Å². The summed E-state index contributed by atoms with van der Waals surface area (Å²) in [5.41, 5.74) is -0.273. The Morgan fingerprint density at radius 2 is 2.42 bits per heavy atom. The lowest BCUT2D eigenvalue weighted by Crippen LogP contribution is -2.15. The number of nitrogens with one attached hydrogen (secondary N) is 3. The van der Waals surface area contributed by atoms with E-state index in [9.17, 15) is 4.79 Å². The number of aromatic nitrogens is 4. The molecular formula is C5H5BrN4O2. The van der Waals surface area contributed by atoms with Gasteiger partial charge in [-0.25, -0.2) is 19.2 Å². The second-order valence-electron chi connectivity index (χ2n) is 2.13. The van der Waals surface area contributed by atoms with Gasteiger partial charge in [0.2, 0.25) is 0 Å². The van der Waals surface area contributed by atoms with Crippen LogP contribution < -0.4 is 5.56 Å². The zero-order valence-electron chi connectivity index (χ0n) is 5.80. The van der Waals surface area contributed by atoms with Gasteiger partial charge in [-0.2, -0.15) is 0 Å². The number of H-pyrrole nitrogens is 3. The molecule has 0 aromatic carbocycles. The first kappa shape index (κ1) is 7.29. The Balaban J connectivity index is 3.20. The van der Waals surface area contributed by atoms with E-state index in [1.54, 1.807) is 6.07 Å². The van der Waals surface area contributed by atoms with Crippen molar-refractivity contribution in [1.29, 1.82) is 0 Å². The van der Waals surface area contributed by atoms with Crippen LogP contribution >= 0.6 is 16.1 Å². The molecule has 0 saturated carbocycles. The number of hydrogen-bond acceptors (Lipinski definition) is 2. The van der Waals surface area contributed by atoms with Crippen molar-refractivity contribution in [3.8, 4) is 0 Å². The molecule has 2 rings (SSSR count). The minimum Gasteiger partial charge on any atom is -0.390 e. The Kier molecular flexibility index (Phi) is 1.58. The van der Waals surface area contributed by atoms with Crippen molar-refractivity contribution in [2.75, 3.05) is 0 Å². The van der Waals surface area contributed by atoms with E-state index in [0.717, 1.165) is 0 Å². The summed E-state index contributed by atoms with van der Waals surface area (Å²) in [5, 5.41) is 8.45. The smallest absolute Gasteiger partial charge is 0.292 e. The van der Waals surface area contributed by atoms with E-state index in [0.29, 0.717) is 10.7 Å². The maximum Gasteiger partial charge on any atom is 0.292 e. The first-order valence-corrected chi connectivity index (χ1v) is 3.84. The molecule has 12 heavy (non-hydrogen) atoms. The van der Waals surface area contributed by atoms with E-state index < -0.39 is 0 Å². The molecule has 0 aliphatic carbocycles. The van der Waals surface area contributed by atoms with Crippen molar-refractivity contribution in [3.63, 3.8) is 0 Å². The highest BCUT2D eigenvalue weighted by molar-refractivity contribution is 9.08. The topological polar surface area (TPSA) is 82.5 Å². The molecule has 0 spiro atoms. The monoisotopic (exact) mass is 232 g/mol. The van der Waals surface area contributed by atoms with Crippen LogP contribution in [0.1, 0.15) is 0 Å². The van der Waals surface area contributed by atoms with Gasteiger partial charge < -0.3 is 4.52 Å². The molecule has 0 radical (unpaired) electrons. The summed E-state index contributed by atoms with van der Waals surface area (Å²) >= 11 is 3.16. The van der Waals surface area contributed by atoms with Gasteiger partial charge in [0, 0.05) is 6.07 Å². The Labute approximate surface area is 73.8 Å². The molecule has 0 amide bonds. The minimum absolute atomic E-state index is 0.273. The molecule has 0 fully saturated rings. The Hall–Kier alpha value is -1.37. The van der Waals surface area contributed by atoms with Gasteiger partial charge in [-0.05, 0) is 0 Å². The quantitative estimate of drug-likeness (QED) is 0.616. The molecule has 0 unspecified atom stereocenters. The molecule has 2 aliphatic heterocycles. The van der Waals surface area contributed by atoms with Crippen LogP contribution in [0.25, 0.3) is 0 Å². The third kappa shape index (κ3) is 0.981. The van der Waals surface area contributed by atoms with Gasteiger partial charge >= 0.3 is 0 Å². The molecule has 0 aromatic rings. The molecule has 0 atom stereocenters. The zero-order valence-corrected chi connectivity index (χ0v) is 7.38. The second-order valence-corrected chi connectivity index (χ2v) is 2.84. The number of aromatic amines is 3. The van der Waals surface area contributed by atoms with Crippen molar-refractivity contribution >= 4 is 16.1 Å². The molecule has 2 heterocycles. The molecule has 0 saturated heterocycles. The Morgan fingerprint density at radius 3 is 3.17 bits per heavy atom. The largest absolute Gasteiger partial charge is 0.390 e. The van der Waals surface area contributed by atoms with Crippen LogP contribution in [-0.4, -0.2) is 19.2 Å². The lowest BCUT2D eigenvalue weighted by molar-refractivity contribution is 0.387. The van der Waals surface area contributed by atoms with Gasteiger partial charge in [-0.3, -0.25) is 4.79 Å². The highest BCUT2D eigenvalue weighted by Gasteiger charge is 1.95. The third-order valence-electron chi connectivity index (χ3n) is 1.42. The normalized spacial score (nSPS) is 10.4. The number of nitrogens with zero attached hydrogens (tertiary/aromatic N) is 1. The van der Waals surface area contributed by atoms with Gasteiger partial charge in [0.15, 0.2) is 5.35 Å². The van der Waals surface area contributed by atoms with Gasteiger partial charge in [0.05, 0.1) is 16.1 Å². The summed E-state index contributed by atoms with van der Waals surface area (Å²) in [5.74, 6) is 0. The highest BCUT2D eigenvalue weighted by atomic mass is 79.9. The second kappa shape index (κ2) is 2.59. The first-order valence-electron chi connectivity index (χ1n) is 3.13. The molecule has 2 aliphatic rings. The lowest BCUT2D eigenvalue weighted by Gasteiger charge is -1.97. The fourth-order valence-corrected chi connectivity index (χ4v) is 1.26. The van der Waals surface area contributed by atoms with Crippen LogP contribution in [0, 0.1) is 10.7 Å². The molecule has 6 nitrogen and oxygen atoms in total. The molecule has 64 valence electrons. The van der Waals surface area contributed by atoms with Crippen LogP contribution in [0.2, 0.25) is 0 Å². The van der Waals surface area contributed by atoms with Crippen LogP contribution in [0.5, 0.6) is 0 Å². The van der Waals surface area contributed by atoms with E-state index in [4.69, 9.17) is 4.52 Å². The first-order chi connectivity index (χ1) is 5.79. The van der Waals surface area contributed by atoms with Crippen LogP contribution in [0.15, 0.2) is 21.6 Å². The average Bonchev–Trinajstić information content (AvgIpc) is 2.12. The molecular weight excluding hydrogens is 228 g/mol. The number of hydrogen-bond donors (Lipinski definition) is 3. The predicted molar refractivity (Wildman–Crippen MR) is 43.3 cm³/mol. The Bertz CT molecular complexity index is 524. The van der Waals surface area contributed by atoms with Crippen molar-refractivity contribution in [2.24, 2.45) is 0 Å². The summed E-state index contributed by atoms with van der Waals surface area (Å²) in [6.07, 6.45) is 1.44. The van der Waals surface area contributed by atoms with Crippen LogP contribution in [0.3, 0.4) is 0 Å². The van der Waals surface area contributed by atoms with Crippen molar-refractivity contribution in [1.82, 2.24) is 19.2 Å². The zero-order chi connectivity index (χ0) is 8.55. The summed E-state index contributed by atoms with van der Waals surface area (Å²) in [4.78, 5) is 11.1. The van der Waals surface area contributed by atoms with Gasteiger partial charge in [0.1, 0.15) is 11.6 Å². The van der Waals surface area contributed by atoms with Crippen molar-refractivity contribution < 1.29 is 4.52 Å². The van der Waals surface area contributed by atoms with E-state index in [1.807, 2.05) is 0 Å². The summed E-state index contributed by atoms with van der Waals surface area (Å²) < 4.78 is 6.22. The van der Waals surface area contributed by atoms with Crippen LogP contribution in [0.4, 0.5) is 0 Å². The highest BCUT2D eigenvalue weighted by Crippen LogP contribution is 1.92. The predicted octanol–water partition coefficient (Wildman–Crippen LogP) is 0.433. The molecule has 0 bridgehead atoms. The third-order valence-corrected chi connectivity index (χ3v) is 1.98. The van der Waals surface area contributed by atoms with Gasteiger partial charge in [0.25, 0.3) is 5.56 Å². The number of rotatable bonds is 0. The summed E-state index contributed by atoms with van der Waals surface area (Å²) in [6, 6.07) is 1.65. The van der Waals surface area contributed by atoms with Gasteiger partial charge in [-0.1, -0.05) is 0 Å². The SMILES string of the molecule is O=c1[nH][nH]n(Br)c2cco[nH]c1=2. The van der Waals surface area contributed by atoms with Gasteiger partial charge in [-0.15, -0.1) is 0 Å². The van der Waals surface area contributed by atoms with E-state index in [-0.39, 0.29) is 5.56 Å². The standard InChI is InChI=1S/C5H5BrN4O2/c6-10-3-1-2-12-8-4(3)5(11)7-9-10/h1-2,8-9H,(H,7,11). The van der Waals surface area contributed by atoms with Crippen molar-refractivity contribution in [3.05, 3.63) is 33.4 Å². The summed E-state index contributed by atoms with van der Waals surface area (Å²) in [7, 11) is 0.